The summed E-state index contributed by atoms with van der Waals surface area (Å²) in [5.74, 6) is -3.42. The molecule has 0 aliphatic carbocycles. The Morgan fingerprint density at radius 1 is 1.30 bits per heavy atom. The van der Waals surface area contributed by atoms with Crippen LogP contribution in [0.3, 0.4) is 0 Å². The molecule has 0 aromatic heterocycles. The summed E-state index contributed by atoms with van der Waals surface area (Å²) in [7, 11) is 0. The fraction of sp³-hybridized carbons (Fsp3) is 0.308. The van der Waals surface area contributed by atoms with Crippen LogP contribution in [0.25, 0.3) is 0 Å². The Bertz CT molecular complexity index is 583. The average molecular weight is 343 g/mol. The Kier molecular flexibility index (Phi) is 3.89. The minimum absolute atomic E-state index is 0.187. The van der Waals surface area contributed by atoms with Crippen molar-refractivity contribution in [1.82, 2.24) is 5.32 Å². The van der Waals surface area contributed by atoms with Gasteiger partial charge in [-0.05, 0) is 34.0 Å². The summed E-state index contributed by atoms with van der Waals surface area (Å²) in [5.41, 5.74) is -0.187. The first-order valence-electron chi connectivity index (χ1n) is 5.97. The molecule has 1 aliphatic heterocycles. The Morgan fingerprint density at radius 3 is 2.50 bits per heavy atom. The first kappa shape index (κ1) is 14.6. The predicted molar refractivity (Wildman–Crippen MR) is 73.5 cm³/mol. The molecule has 1 aromatic carbocycles. The average Bonchev–Trinajstić information content (AvgIpc) is 2.31. The van der Waals surface area contributed by atoms with Crippen LogP contribution < -0.4 is 10.2 Å². The quantitative estimate of drug-likeness (QED) is 0.839. The molecule has 0 bridgehead atoms. The Morgan fingerprint density at radius 2 is 1.95 bits per heavy atom. The molecule has 1 fully saturated rings. The number of hydrogen-bond acceptors (Lipinski definition) is 3. The SMILES string of the molecule is CC(C)C1C(=O)NC(=O)N(c2c(F)cccc2Br)C1=O. The molecule has 2 rings (SSSR count). The Balaban J connectivity index is 2.52. The Labute approximate surface area is 123 Å². The van der Waals surface area contributed by atoms with Gasteiger partial charge < -0.3 is 0 Å². The van der Waals surface area contributed by atoms with Gasteiger partial charge in [-0.2, -0.15) is 0 Å². The number of nitrogens with one attached hydrogen (secondary N) is 1. The van der Waals surface area contributed by atoms with E-state index in [-0.39, 0.29) is 16.1 Å². The number of halogens is 2. The van der Waals surface area contributed by atoms with Crippen molar-refractivity contribution in [3.05, 3.63) is 28.5 Å². The molecular weight excluding hydrogens is 331 g/mol. The van der Waals surface area contributed by atoms with Crippen molar-refractivity contribution in [3.63, 3.8) is 0 Å². The molecule has 4 amide bonds. The first-order valence-corrected chi connectivity index (χ1v) is 6.76. The van der Waals surface area contributed by atoms with Gasteiger partial charge in [-0.15, -0.1) is 0 Å². The zero-order chi connectivity index (χ0) is 15.0. The van der Waals surface area contributed by atoms with Crippen LogP contribution in [-0.2, 0) is 9.59 Å². The zero-order valence-electron chi connectivity index (χ0n) is 10.8. The van der Waals surface area contributed by atoms with Gasteiger partial charge in [-0.1, -0.05) is 19.9 Å². The highest BCUT2D eigenvalue weighted by Gasteiger charge is 2.44. The van der Waals surface area contributed by atoms with E-state index in [4.69, 9.17) is 0 Å². The number of benzene rings is 1. The minimum atomic E-state index is -1.01. The van der Waals surface area contributed by atoms with Gasteiger partial charge in [0.05, 0.1) is 0 Å². The number of hydrogen-bond donors (Lipinski definition) is 1. The van der Waals surface area contributed by atoms with Crippen LogP contribution in [0.15, 0.2) is 22.7 Å². The van der Waals surface area contributed by atoms with Crippen LogP contribution in [0.2, 0.25) is 0 Å². The van der Waals surface area contributed by atoms with Crippen LogP contribution >= 0.6 is 15.9 Å². The number of rotatable bonds is 2. The molecular formula is C13H12BrFN2O3. The van der Waals surface area contributed by atoms with Crippen LogP contribution in [0, 0.1) is 17.7 Å². The van der Waals surface area contributed by atoms with E-state index in [0.29, 0.717) is 4.90 Å². The van der Waals surface area contributed by atoms with E-state index in [1.807, 2.05) is 0 Å². The minimum Gasteiger partial charge on any atom is -0.277 e. The van der Waals surface area contributed by atoms with Crippen molar-refractivity contribution >= 4 is 39.5 Å². The summed E-state index contributed by atoms with van der Waals surface area (Å²) >= 11 is 3.11. The van der Waals surface area contributed by atoms with Gasteiger partial charge in [0, 0.05) is 4.47 Å². The second kappa shape index (κ2) is 5.32. The maximum absolute atomic E-state index is 13.9. The monoisotopic (exact) mass is 342 g/mol. The lowest BCUT2D eigenvalue weighted by atomic mass is 9.92. The highest BCUT2D eigenvalue weighted by Crippen LogP contribution is 2.32. The summed E-state index contributed by atoms with van der Waals surface area (Å²) in [5, 5.41) is 2.08. The fourth-order valence-corrected chi connectivity index (χ4v) is 2.61. The molecule has 1 N–H and O–H groups in total. The summed E-state index contributed by atoms with van der Waals surface area (Å²) < 4.78 is 14.2. The van der Waals surface area contributed by atoms with Gasteiger partial charge in [0.15, 0.2) is 0 Å². The molecule has 7 heteroatoms. The second-order valence-corrected chi connectivity index (χ2v) is 5.61. The lowest BCUT2D eigenvalue weighted by Gasteiger charge is -2.32. The Hall–Kier alpha value is -1.76. The van der Waals surface area contributed by atoms with E-state index in [0.717, 1.165) is 6.07 Å². The van der Waals surface area contributed by atoms with Crippen LogP contribution in [0.5, 0.6) is 0 Å². The third-order valence-corrected chi connectivity index (χ3v) is 3.67. The molecule has 1 aromatic rings. The van der Waals surface area contributed by atoms with Crippen molar-refractivity contribution in [2.75, 3.05) is 4.90 Å². The van der Waals surface area contributed by atoms with Gasteiger partial charge in [-0.3, -0.25) is 14.9 Å². The molecule has 1 heterocycles. The number of urea groups is 1. The highest BCUT2D eigenvalue weighted by molar-refractivity contribution is 9.10. The van der Waals surface area contributed by atoms with E-state index in [9.17, 15) is 18.8 Å². The molecule has 1 aliphatic rings. The van der Waals surface area contributed by atoms with Gasteiger partial charge >= 0.3 is 6.03 Å². The van der Waals surface area contributed by atoms with Crippen molar-refractivity contribution in [2.24, 2.45) is 11.8 Å². The van der Waals surface area contributed by atoms with Crippen LogP contribution in [-0.4, -0.2) is 17.8 Å². The number of carbonyl (C=O) groups is 3. The van der Waals surface area contributed by atoms with Gasteiger partial charge in [0.25, 0.3) is 0 Å². The predicted octanol–water partition coefficient (Wildman–Crippen LogP) is 2.44. The number of carbonyl (C=O) groups excluding carboxylic acids is 3. The molecule has 0 saturated carbocycles. The number of para-hydroxylation sites is 1. The maximum Gasteiger partial charge on any atom is 0.335 e. The van der Waals surface area contributed by atoms with Crippen LogP contribution in [0.1, 0.15) is 13.8 Å². The molecule has 1 saturated heterocycles. The van der Waals surface area contributed by atoms with E-state index in [1.165, 1.54) is 12.1 Å². The number of amides is 4. The van der Waals surface area contributed by atoms with Crippen molar-refractivity contribution in [3.8, 4) is 0 Å². The molecule has 106 valence electrons. The lowest BCUT2D eigenvalue weighted by molar-refractivity contribution is -0.136. The summed E-state index contributed by atoms with van der Waals surface area (Å²) in [6.45, 7) is 3.37. The van der Waals surface area contributed by atoms with Gasteiger partial charge in [0.1, 0.15) is 17.4 Å². The standard InChI is InChI=1S/C13H12BrFN2O3/c1-6(2)9-11(18)16-13(20)17(12(9)19)10-7(14)4-3-5-8(10)15/h3-6,9H,1-2H3,(H,16,18,20). The topological polar surface area (TPSA) is 66.5 Å². The zero-order valence-corrected chi connectivity index (χ0v) is 12.4. The highest BCUT2D eigenvalue weighted by atomic mass is 79.9. The maximum atomic E-state index is 13.9. The van der Waals surface area contributed by atoms with Crippen molar-refractivity contribution in [1.29, 1.82) is 0 Å². The van der Waals surface area contributed by atoms with Gasteiger partial charge in [-0.25, -0.2) is 14.1 Å². The van der Waals surface area contributed by atoms with Crippen molar-refractivity contribution in [2.45, 2.75) is 13.8 Å². The largest absolute Gasteiger partial charge is 0.335 e. The fourth-order valence-electron chi connectivity index (χ4n) is 2.09. The molecule has 0 radical (unpaired) electrons. The number of barbiturate groups is 1. The number of nitrogens with zero attached hydrogens (tertiary/aromatic N) is 1. The number of anilines is 1. The lowest BCUT2D eigenvalue weighted by Crippen LogP contribution is -2.59. The summed E-state index contributed by atoms with van der Waals surface area (Å²) in [6.07, 6.45) is 0. The second-order valence-electron chi connectivity index (χ2n) is 4.76. The molecule has 20 heavy (non-hydrogen) atoms. The molecule has 5 nitrogen and oxygen atoms in total. The third-order valence-electron chi connectivity index (χ3n) is 3.03. The first-order chi connectivity index (χ1) is 9.34. The molecule has 1 unspecified atom stereocenters. The normalized spacial score (nSPS) is 19.6. The smallest absolute Gasteiger partial charge is 0.277 e. The van der Waals surface area contributed by atoms with E-state index in [2.05, 4.69) is 21.2 Å². The van der Waals surface area contributed by atoms with E-state index < -0.39 is 29.6 Å². The summed E-state index contributed by atoms with van der Waals surface area (Å²) in [6, 6.07) is 3.16. The van der Waals surface area contributed by atoms with Gasteiger partial charge in [0.2, 0.25) is 11.8 Å². The van der Waals surface area contributed by atoms with E-state index in [1.54, 1.807) is 13.8 Å². The van der Waals surface area contributed by atoms with Crippen molar-refractivity contribution < 1.29 is 18.8 Å². The van der Waals surface area contributed by atoms with E-state index >= 15 is 0 Å². The third kappa shape index (κ3) is 2.33. The molecule has 1 atom stereocenters. The summed E-state index contributed by atoms with van der Waals surface area (Å²) in [4.78, 5) is 36.6. The molecule has 0 spiro atoms. The number of imide groups is 2. The van der Waals surface area contributed by atoms with Crippen LogP contribution in [0.4, 0.5) is 14.9 Å².